The van der Waals surface area contributed by atoms with Gasteiger partial charge in [0.25, 0.3) is 0 Å². The molecule has 1 amide bonds. The highest BCUT2D eigenvalue weighted by atomic mass is 16.4. The van der Waals surface area contributed by atoms with Crippen molar-refractivity contribution in [1.82, 2.24) is 20.5 Å². The molecule has 0 bridgehead atoms. The SMILES string of the molecule is CC(=O)NC(CCCCN)c1nnc(-c2ccncc2)o1. The lowest BCUT2D eigenvalue weighted by atomic mass is 10.1. The zero-order valence-electron chi connectivity index (χ0n) is 12.0. The molecule has 0 radical (unpaired) electrons. The second-order valence-electron chi connectivity index (χ2n) is 4.72. The summed E-state index contributed by atoms with van der Waals surface area (Å²) in [6.45, 7) is 2.09. The number of unbranched alkanes of at least 4 members (excludes halogenated alkanes) is 1. The molecule has 0 aliphatic heterocycles. The van der Waals surface area contributed by atoms with Crippen molar-refractivity contribution in [2.45, 2.75) is 32.2 Å². The Hall–Kier alpha value is -2.28. The molecule has 3 N–H and O–H groups in total. The van der Waals surface area contributed by atoms with E-state index in [0.29, 0.717) is 18.3 Å². The van der Waals surface area contributed by atoms with Gasteiger partial charge in [-0.2, -0.15) is 0 Å². The summed E-state index contributed by atoms with van der Waals surface area (Å²) in [5.41, 5.74) is 6.29. The number of pyridine rings is 1. The van der Waals surface area contributed by atoms with Gasteiger partial charge in [0.2, 0.25) is 17.7 Å². The molecule has 1 atom stereocenters. The van der Waals surface area contributed by atoms with E-state index >= 15 is 0 Å². The summed E-state index contributed by atoms with van der Waals surface area (Å²) in [5.74, 6) is 0.701. The standard InChI is InChI=1S/C14H19N5O2/c1-10(20)17-12(4-2-3-7-15)14-19-18-13(21-14)11-5-8-16-9-6-11/h5-6,8-9,12H,2-4,7,15H2,1H3,(H,17,20). The molecule has 7 nitrogen and oxygen atoms in total. The van der Waals surface area contributed by atoms with E-state index in [1.165, 1.54) is 6.92 Å². The van der Waals surface area contributed by atoms with Crippen LogP contribution in [0.1, 0.15) is 38.1 Å². The topological polar surface area (TPSA) is 107 Å². The molecule has 2 heterocycles. The van der Waals surface area contributed by atoms with Crippen LogP contribution in [0.15, 0.2) is 28.9 Å². The minimum Gasteiger partial charge on any atom is -0.418 e. The summed E-state index contributed by atoms with van der Waals surface area (Å²) in [5, 5.41) is 10.9. The maximum Gasteiger partial charge on any atom is 0.247 e. The van der Waals surface area contributed by atoms with Gasteiger partial charge in [0.15, 0.2) is 0 Å². The van der Waals surface area contributed by atoms with Gasteiger partial charge >= 0.3 is 0 Å². The number of nitrogens with one attached hydrogen (secondary N) is 1. The fourth-order valence-corrected chi connectivity index (χ4v) is 1.98. The Morgan fingerprint density at radius 1 is 1.33 bits per heavy atom. The molecule has 112 valence electrons. The van der Waals surface area contributed by atoms with Crippen molar-refractivity contribution in [2.24, 2.45) is 5.73 Å². The number of hydrogen-bond acceptors (Lipinski definition) is 6. The zero-order chi connectivity index (χ0) is 15.1. The Kier molecular flexibility index (Phi) is 5.39. The maximum absolute atomic E-state index is 11.3. The fraction of sp³-hybridized carbons (Fsp3) is 0.429. The number of amides is 1. The van der Waals surface area contributed by atoms with Gasteiger partial charge in [-0.15, -0.1) is 10.2 Å². The van der Waals surface area contributed by atoms with Crippen molar-refractivity contribution in [1.29, 1.82) is 0 Å². The summed E-state index contributed by atoms with van der Waals surface area (Å²) >= 11 is 0. The lowest BCUT2D eigenvalue weighted by Gasteiger charge is -2.13. The van der Waals surface area contributed by atoms with Crippen LogP contribution in [0.5, 0.6) is 0 Å². The van der Waals surface area contributed by atoms with Crippen LogP contribution in [0.2, 0.25) is 0 Å². The Bertz CT molecular complexity index is 570. The maximum atomic E-state index is 11.3. The van der Waals surface area contributed by atoms with Crippen molar-refractivity contribution in [3.8, 4) is 11.5 Å². The molecule has 7 heteroatoms. The molecule has 0 aliphatic rings. The molecule has 0 aliphatic carbocycles. The highest BCUT2D eigenvalue weighted by Crippen LogP contribution is 2.23. The minimum absolute atomic E-state index is 0.128. The first kappa shape index (κ1) is 15.1. The van der Waals surface area contributed by atoms with Gasteiger partial charge < -0.3 is 15.5 Å². The fourth-order valence-electron chi connectivity index (χ4n) is 1.98. The molecule has 0 saturated carbocycles. The third-order valence-electron chi connectivity index (χ3n) is 2.99. The minimum atomic E-state index is -0.280. The van der Waals surface area contributed by atoms with Gasteiger partial charge in [0.1, 0.15) is 6.04 Å². The summed E-state index contributed by atoms with van der Waals surface area (Å²) in [4.78, 5) is 15.2. The van der Waals surface area contributed by atoms with Gasteiger partial charge in [-0.05, 0) is 37.9 Å². The first-order valence-corrected chi connectivity index (χ1v) is 6.91. The van der Waals surface area contributed by atoms with E-state index in [1.54, 1.807) is 24.5 Å². The van der Waals surface area contributed by atoms with E-state index in [4.69, 9.17) is 10.2 Å². The van der Waals surface area contributed by atoms with E-state index in [-0.39, 0.29) is 11.9 Å². The molecule has 1 unspecified atom stereocenters. The molecule has 2 rings (SSSR count). The zero-order valence-corrected chi connectivity index (χ0v) is 12.0. The van der Waals surface area contributed by atoms with Crippen molar-refractivity contribution in [2.75, 3.05) is 6.54 Å². The van der Waals surface area contributed by atoms with Crippen molar-refractivity contribution in [3.05, 3.63) is 30.4 Å². The number of aromatic nitrogens is 3. The predicted octanol–water partition coefficient (Wildman–Crippen LogP) is 1.44. The Morgan fingerprint density at radius 3 is 2.76 bits per heavy atom. The van der Waals surface area contributed by atoms with Crippen molar-refractivity contribution >= 4 is 5.91 Å². The van der Waals surface area contributed by atoms with Gasteiger partial charge in [0.05, 0.1) is 0 Å². The van der Waals surface area contributed by atoms with Crippen LogP contribution in [0, 0.1) is 0 Å². The first-order valence-electron chi connectivity index (χ1n) is 6.91. The number of hydrogen-bond donors (Lipinski definition) is 2. The smallest absolute Gasteiger partial charge is 0.247 e. The number of carbonyl (C=O) groups excluding carboxylic acids is 1. The second kappa shape index (κ2) is 7.49. The van der Waals surface area contributed by atoms with E-state index in [0.717, 1.165) is 24.8 Å². The van der Waals surface area contributed by atoms with E-state index in [9.17, 15) is 4.79 Å². The molecular formula is C14H19N5O2. The summed E-state index contributed by atoms with van der Waals surface area (Å²) in [7, 11) is 0. The van der Waals surface area contributed by atoms with Crippen LogP contribution in [-0.4, -0.2) is 27.6 Å². The lowest BCUT2D eigenvalue weighted by Crippen LogP contribution is -2.26. The molecule has 0 spiro atoms. The number of nitrogens with zero attached hydrogens (tertiary/aromatic N) is 3. The Balaban J connectivity index is 2.12. The normalized spacial score (nSPS) is 12.1. The number of nitrogens with two attached hydrogens (primary N) is 1. The highest BCUT2D eigenvalue weighted by molar-refractivity contribution is 5.73. The van der Waals surface area contributed by atoms with Crippen molar-refractivity contribution in [3.63, 3.8) is 0 Å². The molecule has 21 heavy (non-hydrogen) atoms. The molecule has 0 saturated heterocycles. The summed E-state index contributed by atoms with van der Waals surface area (Å²) in [6.07, 6.45) is 5.81. The summed E-state index contributed by atoms with van der Waals surface area (Å²) < 4.78 is 5.67. The van der Waals surface area contributed by atoms with Gasteiger partial charge in [-0.25, -0.2) is 0 Å². The largest absolute Gasteiger partial charge is 0.418 e. The second-order valence-corrected chi connectivity index (χ2v) is 4.72. The lowest BCUT2D eigenvalue weighted by molar-refractivity contribution is -0.119. The van der Waals surface area contributed by atoms with Crippen LogP contribution in [-0.2, 0) is 4.79 Å². The Labute approximate surface area is 123 Å². The van der Waals surface area contributed by atoms with E-state index in [2.05, 4.69) is 20.5 Å². The first-order chi connectivity index (χ1) is 10.2. The number of carbonyl (C=O) groups is 1. The Morgan fingerprint density at radius 2 is 2.10 bits per heavy atom. The predicted molar refractivity (Wildman–Crippen MR) is 77.0 cm³/mol. The average Bonchev–Trinajstić information content (AvgIpc) is 2.97. The van der Waals surface area contributed by atoms with Crippen LogP contribution >= 0.6 is 0 Å². The molecular weight excluding hydrogens is 270 g/mol. The molecule has 0 aromatic carbocycles. The van der Waals surface area contributed by atoms with Crippen LogP contribution < -0.4 is 11.1 Å². The number of rotatable bonds is 7. The molecule has 0 fully saturated rings. The quantitative estimate of drug-likeness (QED) is 0.747. The third-order valence-corrected chi connectivity index (χ3v) is 2.99. The highest BCUT2D eigenvalue weighted by Gasteiger charge is 2.19. The van der Waals surface area contributed by atoms with Crippen LogP contribution in [0.4, 0.5) is 0 Å². The van der Waals surface area contributed by atoms with Gasteiger partial charge in [-0.3, -0.25) is 9.78 Å². The molecule has 2 aromatic heterocycles. The van der Waals surface area contributed by atoms with E-state index < -0.39 is 0 Å². The third kappa shape index (κ3) is 4.35. The van der Waals surface area contributed by atoms with E-state index in [1.807, 2.05) is 0 Å². The van der Waals surface area contributed by atoms with Gasteiger partial charge in [0, 0.05) is 24.9 Å². The van der Waals surface area contributed by atoms with Crippen molar-refractivity contribution < 1.29 is 9.21 Å². The average molecular weight is 289 g/mol. The van der Waals surface area contributed by atoms with Gasteiger partial charge in [-0.1, -0.05) is 0 Å². The summed E-state index contributed by atoms with van der Waals surface area (Å²) in [6, 6.07) is 3.30. The van der Waals surface area contributed by atoms with Crippen LogP contribution in [0.25, 0.3) is 11.5 Å². The van der Waals surface area contributed by atoms with Crippen LogP contribution in [0.3, 0.4) is 0 Å². The monoisotopic (exact) mass is 289 g/mol. The molecule has 2 aromatic rings.